The zero-order valence-electron chi connectivity index (χ0n) is 9.83. The van der Waals surface area contributed by atoms with Crippen molar-refractivity contribution in [1.29, 1.82) is 0 Å². The van der Waals surface area contributed by atoms with E-state index in [2.05, 4.69) is 35.3 Å². The molecule has 0 bridgehead atoms. The molecule has 1 rings (SSSR count). The number of ether oxygens (including phenoxy) is 1. The molecule has 0 aliphatic heterocycles. The molecule has 1 aromatic heterocycles. The maximum absolute atomic E-state index is 4.99. The first kappa shape index (κ1) is 12.3. The normalized spacial score (nSPS) is 10.8. The summed E-state index contributed by atoms with van der Waals surface area (Å²) in [7, 11) is 1.74. The summed E-state index contributed by atoms with van der Waals surface area (Å²) in [6.45, 7) is 6.13. The fraction of sp³-hybridized carbons (Fsp3) is 0.667. The van der Waals surface area contributed by atoms with Gasteiger partial charge in [-0.2, -0.15) is 0 Å². The van der Waals surface area contributed by atoms with Gasteiger partial charge in [-0.25, -0.2) is 0 Å². The lowest BCUT2D eigenvalue weighted by Gasteiger charge is -2.02. The predicted octanol–water partition coefficient (Wildman–Crippen LogP) is 2.02. The smallest absolute Gasteiger partial charge is 0.0474 e. The van der Waals surface area contributed by atoms with E-state index in [0.29, 0.717) is 0 Å². The molecule has 0 aliphatic rings. The molecule has 3 nitrogen and oxygen atoms in total. The molecule has 0 aromatic carbocycles. The molecule has 0 atom stereocenters. The number of methoxy groups -OCH3 is 1. The monoisotopic (exact) mass is 210 g/mol. The van der Waals surface area contributed by atoms with Crippen LogP contribution in [-0.2, 0) is 17.8 Å². The Morgan fingerprint density at radius 1 is 1.47 bits per heavy atom. The zero-order valence-corrected chi connectivity index (χ0v) is 9.83. The molecule has 0 fully saturated rings. The molecular weight excluding hydrogens is 188 g/mol. The third kappa shape index (κ3) is 5.00. The van der Waals surface area contributed by atoms with Crippen LogP contribution in [0.3, 0.4) is 0 Å². The molecule has 0 radical (unpaired) electrons. The van der Waals surface area contributed by atoms with E-state index in [1.54, 1.807) is 7.11 Å². The second-order valence-electron chi connectivity index (χ2n) is 3.78. The lowest BCUT2D eigenvalue weighted by molar-refractivity contribution is 0.194. The van der Waals surface area contributed by atoms with Crippen molar-refractivity contribution in [2.45, 2.75) is 32.9 Å². The molecule has 0 spiro atoms. The molecule has 86 valence electrons. The first-order chi connectivity index (χ1) is 7.36. The number of aromatic nitrogens is 1. The summed E-state index contributed by atoms with van der Waals surface area (Å²) in [4.78, 5) is 0. The van der Waals surface area contributed by atoms with Crippen LogP contribution in [-0.4, -0.2) is 24.8 Å². The van der Waals surface area contributed by atoms with E-state index in [1.165, 1.54) is 12.0 Å². The third-order valence-corrected chi connectivity index (χ3v) is 2.32. The summed E-state index contributed by atoms with van der Waals surface area (Å²) in [5.74, 6) is 0. The molecule has 0 amide bonds. The van der Waals surface area contributed by atoms with Crippen molar-refractivity contribution in [2.24, 2.45) is 0 Å². The Bertz CT molecular complexity index is 258. The van der Waals surface area contributed by atoms with E-state index in [1.807, 2.05) is 0 Å². The van der Waals surface area contributed by atoms with E-state index in [9.17, 15) is 0 Å². The van der Waals surface area contributed by atoms with Crippen LogP contribution in [0.5, 0.6) is 0 Å². The number of rotatable bonds is 8. The summed E-state index contributed by atoms with van der Waals surface area (Å²) in [6, 6.07) is 2.18. The van der Waals surface area contributed by atoms with Crippen molar-refractivity contribution in [2.75, 3.05) is 20.3 Å². The van der Waals surface area contributed by atoms with Gasteiger partial charge in [-0.15, -0.1) is 0 Å². The van der Waals surface area contributed by atoms with Gasteiger partial charge in [-0.05, 0) is 31.0 Å². The Balaban J connectivity index is 2.14. The first-order valence-electron chi connectivity index (χ1n) is 5.71. The van der Waals surface area contributed by atoms with Gasteiger partial charge >= 0.3 is 0 Å². The number of aryl methyl sites for hydroxylation is 1. The largest absolute Gasteiger partial charge is 0.385 e. The SMILES string of the molecule is CCCn1ccc(CNCCCOC)c1. The highest BCUT2D eigenvalue weighted by Crippen LogP contribution is 2.01. The van der Waals surface area contributed by atoms with E-state index >= 15 is 0 Å². The molecule has 0 saturated carbocycles. The van der Waals surface area contributed by atoms with Crippen molar-refractivity contribution < 1.29 is 4.74 Å². The van der Waals surface area contributed by atoms with Gasteiger partial charge in [0.1, 0.15) is 0 Å². The number of hydrogen-bond acceptors (Lipinski definition) is 2. The summed E-state index contributed by atoms with van der Waals surface area (Å²) in [5.41, 5.74) is 1.36. The van der Waals surface area contributed by atoms with Gasteiger partial charge in [-0.3, -0.25) is 0 Å². The molecule has 0 unspecified atom stereocenters. The third-order valence-electron chi connectivity index (χ3n) is 2.32. The van der Waals surface area contributed by atoms with Crippen LogP contribution in [0.1, 0.15) is 25.3 Å². The topological polar surface area (TPSA) is 26.2 Å². The van der Waals surface area contributed by atoms with Crippen LogP contribution < -0.4 is 5.32 Å². The Morgan fingerprint density at radius 3 is 3.07 bits per heavy atom. The Kier molecular flexibility index (Phi) is 6.12. The second kappa shape index (κ2) is 7.49. The molecule has 0 aliphatic carbocycles. The van der Waals surface area contributed by atoms with Gasteiger partial charge in [0.15, 0.2) is 0 Å². The quantitative estimate of drug-likeness (QED) is 0.664. The van der Waals surface area contributed by atoms with Gasteiger partial charge in [0.25, 0.3) is 0 Å². The van der Waals surface area contributed by atoms with Gasteiger partial charge in [0, 0.05) is 39.2 Å². The van der Waals surface area contributed by atoms with Crippen molar-refractivity contribution in [3.63, 3.8) is 0 Å². The van der Waals surface area contributed by atoms with Crippen molar-refractivity contribution in [3.05, 3.63) is 24.0 Å². The number of hydrogen-bond donors (Lipinski definition) is 1. The average Bonchev–Trinajstić information content (AvgIpc) is 2.66. The fourth-order valence-corrected chi connectivity index (χ4v) is 1.57. The lowest BCUT2D eigenvalue weighted by Crippen LogP contribution is -2.15. The van der Waals surface area contributed by atoms with Gasteiger partial charge in [0.2, 0.25) is 0 Å². The predicted molar refractivity (Wildman–Crippen MR) is 62.9 cm³/mol. The van der Waals surface area contributed by atoms with E-state index in [-0.39, 0.29) is 0 Å². The molecule has 15 heavy (non-hydrogen) atoms. The maximum Gasteiger partial charge on any atom is 0.0474 e. The van der Waals surface area contributed by atoms with Gasteiger partial charge in [-0.1, -0.05) is 6.92 Å². The summed E-state index contributed by atoms with van der Waals surface area (Å²) in [5, 5.41) is 3.40. The molecule has 3 heteroatoms. The minimum absolute atomic E-state index is 0.837. The molecule has 0 saturated heterocycles. The van der Waals surface area contributed by atoms with Crippen LogP contribution in [0.25, 0.3) is 0 Å². The lowest BCUT2D eigenvalue weighted by atomic mass is 10.3. The van der Waals surface area contributed by atoms with E-state index < -0.39 is 0 Å². The van der Waals surface area contributed by atoms with Crippen molar-refractivity contribution in [3.8, 4) is 0 Å². The first-order valence-corrected chi connectivity index (χ1v) is 5.71. The summed E-state index contributed by atoms with van der Waals surface area (Å²) >= 11 is 0. The highest BCUT2D eigenvalue weighted by molar-refractivity contribution is 5.09. The van der Waals surface area contributed by atoms with Crippen LogP contribution >= 0.6 is 0 Å². The van der Waals surface area contributed by atoms with Crippen molar-refractivity contribution >= 4 is 0 Å². The Hall–Kier alpha value is -0.800. The average molecular weight is 210 g/mol. The number of nitrogens with one attached hydrogen (secondary N) is 1. The molecular formula is C12H22N2O. The highest BCUT2D eigenvalue weighted by atomic mass is 16.5. The maximum atomic E-state index is 4.99. The number of nitrogens with zero attached hydrogens (tertiary/aromatic N) is 1. The summed E-state index contributed by atoms with van der Waals surface area (Å²) < 4.78 is 7.23. The van der Waals surface area contributed by atoms with Crippen LogP contribution in [0.2, 0.25) is 0 Å². The van der Waals surface area contributed by atoms with Gasteiger partial charge in [0.05, 0.1) is 0 Å². The van der Waals surface area contributed by atoms with Crippen LogP contribution in [0, 0.1) is 0 Å². The standard InChI is InChI=1S/C12H22N2O/c1-3-7-14-8-5-12(11-14)10-13-6-4-9-15-2/h5,8,11,13H,3-4,6-7,9-10H2,1-2H3. The van der Waals surface area contributed by atoms with E-state index in [0.717, 1.165) is 32.7 Å². The Labute approximate surface area is 92.4 Å². The van der Waals surface area contributed by atoms with E-state index in [4.69, 9.17) is 4.74 Å². The minimum atomic E-state index is 0.837. The van der Waals surface area contributed by atoms with Crippen molar-refractivity contribution in [1.82, 2.24) is 9.88 Å². The Morgan fingerprint density at radius 2 is 2.33 bits per heavy atom. The summed E-state index contributed by atoms with van der Waals surface area (Å²) in [6.07, 6.45) is 6.63. The second-order valence-corrected chi connectivity index (χ2v) is 3.78. The fourth-order valence-electron chi connectivity index (χ4n) is 1.57. The van der Waals surface area contributed by atoms with Gasteiger partial charge < -0.3 is 14.6 Å². The van der Waals surface area contributed by atoms with Crippen LogP contribution in [0.4, 0.5) is 0 Å². The molecule has 1 heterocycles. The zero-order chi connectivity index (χ0) is 10.9. The molecule has 1 N–H and O–H groups in total. The highest BCUT2D eigenvalue weighted by Gasteiger charge is 1.95. The van der Waals surface area contributed by atoms with Crippen LogP contribution in [0.15, 0.2) is 18.5 Å². The molecule has 1 aromatic rings. The minimum Gasteiger partial charge on any atom is -0.385 e.